The minimum Gasteiger partial charge on any atom is -0.489 e. The lowest BCUT2D eigenvalue weighted by atomic mass is 10.2. The molecule has 0 saturated heterocycles. The molecule has 1 amide bonds. The standard InChI is InChI=1S/C18H23N3O2/c1-4-7-18(22)20-14-10-11-17(19-12-14)21-15-8-5-6-9-16(15)23-13(2)3/h5-6,8-13H,4,7H2,1-3H3,(H,19,21)(H,20,22). The fourth-order valence-corrected chi connectivity index (χ4v) is 2.06. The number of pyridine rings is 1. The van der Waals surface area contributed by atoms with Crippen molar-refractivity contribution in [1.29, 1.82) is 0 Å². The third kappa shape index (κ3) is 5.29. The molecule has 0 aliphatic rings. The van der Waals surface area contributed by atoms with Gasteiger partial charge in [0.25, 0.3) is 0 Å². The number of nitrogens with zero attached hydrogens (tertiary/aromatic N) is 1. The third-order valence-corrected chi connectivity index (χ3v) is 3.04. The molecular formula is C18H23N3O2. The summed E-state index contributed by atoms with van der Waals surface area (Å²) in [6.07, 6.45) is 3.08. The van der Waals surface area contributed by atoms with Crippen LogP contribution in [0, 0.1) is 0 Å². The summed E-state index contributed by atoms with van der Waals surface area (Å²) in [6, 6.07) is 11.4. The van der Waals surface area contributed by atoms with Crippen molar-refractivity contribution in [3.63, 3.8) is 0 Å². The Bertz CT molecular complexity index is 639. The first-order chi connectivity index (χ1) is 11.1. The minimum absolute atomic E-state index is 0.00527. The van der Waals surface area contributed by atoms with Gasteiger partial charge >= 0.3 is 0 Å². The van der Waals surface area contributed by atoms with Gasteiger partial charge in [-0.2, -0.15) is 0 Å². The molecule has 23 heavy (non-hydrogen) atoms. The van der Waals surface area contributed by atoms with Gasteiger partial charge in [-0.05, 0) is 44.5 Å². The van der Waals surface area contributed by atoms with Gasteiger partial charge in [-0.25, -0.2) is 4.98 Å². The average molecular weight is 313 g/mol. The van der Waals surface area contributed by atoms with Gasteiger partial charge in [0.05, 0.1) is 23.7 Å². The van der Waals surface area contributed by atoms with Gasteiger partial charge in [0.15, 0.2) is 0 Å². The lowest BCUT2D eigenvalue weighted by Crippen LogP contribution is -2.11. The van der Waals surface area contributed by atoms with E-state index < -0.39 is 0 Å². The summed E-state index contributed by atoms with van der Waals surface area (Å²) >= 11 is 0. The molecule has 5 heteroatoms. The maximum Gasteiger partial charge on any atom is 0.224 e. The third-order valence-electron chi connectivity index (χ3n) is 3.04. The van der Waals surface area contributed by atoms with Gasteiger partial charge in [0, 0.05) is 6.42 Å². The molecule has 0 bridgehead atoms. The Morgan fingerprint density at radius 3 is 2.65 bits per heavy atom. The second-order valence-electron chi connectivity index (χ2n) is 5.52. The zero-order valence-electron chi connectivity index (χ0n) is 13.8. The first-order valence-electron chi connectivity index (χ1n) is 7.87. The van der Waals surface area contributed by atoms with E-state index in [1.807, 2.05) is 57.2 Å². The van der Waals surface area contributed by atoms with Crippen LogP contribution in [0.3, 0.4) is 0 Å². The molecule has 0 radical (unpaired) electrons. The van der Waals surface area contributed by atoms with E-state index in [1.54, 1.807) is 6.20 Å². The van der Waals surface area contributed by atoms with Crippen LogP contribution < -0.4 is 15.4 Å². The topological polar surface area (TPSA) is 63.2 Å². The number of rotatable bonds is 7. The van der Waals surface area contributed by atoms with Crippen LogP contribution in [-0.2, 0) is 4.79 Å². The van der Waals surface area contributed by atoms with E-state index in [-0.39, 0.29) is 12.0 Å². The van der Waals surface area contributed by atoms with E-state index in [4.69, 9.17) is 4.74 Å². The number of nitrogens with one attached hydrogen (secondary N) is 2. The van der Waals surface area contributed by atoms with Gasteiger partial charge in [-0.1, -0.05) is 19.1 Å². The Labute approximate surface area is 137 Å². The molecule has 122 valence electrons. The first kappa shape index (κ1) is 16.8. The van der Waals surface area contributed by atoms with Crippen LogP contribution in [0.1, 0.15) is 33.6 Å². The van der Waals surface area contributed by atoms with Crippen molar-refractivity contribution in [2.24, 2.45) is 0 Å². The van der Waals surface area contributed by atoms with Crippen LogP contribution in [-0.4, -0.2) is 17.0 Å². The second kappa shape index (κ2) is 8.17. The summed E-state index contributed by atoms with van der Waals surface area (Å²) in [4.78, 5) is 15.9. The Kier molecular flexibility index (Phi) is 5.97. The smallest absolute Gasteiger partial charge is 0.224 e. The van der Waals surface area contributed by atoms with Crippen LogP contribution in [0.15, 0.2) is 42.6 Å². The van der Waals surface area contributed by atoms with E-state index in [2.05, 4.69) is 15.6 Å². The van der Waals surface area contributed by atoms with Gasteiger partial charge in [-0.3, -0.25) is 4.79 Å². The van der Waals surface area contributed by atoms with E-state index in [0.29, 0.717) is 17.9 Å². The molecule has 0 spiro atoms. The van der Waals surface area contributed by atoms with Crippen molar-refractivity contribution in [3.05, 3.63) is 42.6 Å². The maximum atomic E-state index is 11.6. The minimum atomic E-state index is 0.00527. The summed E-state index contributed by atoms with van der Waals surface area (Å²) < 4.78 is 5.77. The summed E-state index contributed by atoms with van der Waals surface area (Å²) in [5.41, 5.74) is 1.55. The predicted molar refractivity (Wildman–Crippen MR) is 93.3 cm³/mol. The molecule has 1 heterocycles. The lowest BCUT2D eigenvalue weighted by molar-refractivity contribution is -0.116. The normalized spacial score (nSPS) is 10.4. The molecule has 1 aromatic heterocycles. The highest BCUT2D eigenvalue weighted by molar-refractivity contribution is 5.90. The van der Waals surface area contributed by atoms with Crippen LogP contribution in [0.2, 0.25) is 0 Å². The zero-order valence-corrected chi connectivity index (χ0v) is 13.8. The van der Waals surface area contributed by atoms with Crippen molar-refractivity contribution in [2.75, 3.05) is 10.6 Å². The number of hydrogen-bond acceptors (Lipinski definition) is 4. The quantitative estimate of drug-likeness (QED) is 0.797. The highest BCUT2D eigenvalue weighted by atomic mass is 16.5. The molecular weight excluding hydrogens is 290 g/mol. The fraction of sp³-hybridized carbons (Fsp3) is 0.333. The second-order valence-corrected chi connectivity index (χ2v) is 5.52. The SMILES string of the molecule is CCCC(=O)Nc1ccc(Nc2ccccc2OC(C)C)nc1. The number of amides is 1. The zero-order chi connectivity index (χ0) is 16.7. The molecule has 0 fully saturated rings. The molecule has 0 aliphatic heterocycles. The Balaban J connectivity index is 2.05. The Hall–Kier alpha value is -2.56. The number of ether oxygens (including phenoxy) is 1. The monoisotopic (exact) mass is 313 g/mol. The highest BCUT2D eigenvalue weighted by Gasteiger charge is 2.06. The molecule has 2 rings (SSSR count). The molecule has 0 aliphatic carbocycles. The molecule has 2 N–H and O–H groups in total. The van der Waals surface area contributed by atoms with Gasteiger partial charge in [0.2, 0.25) is 5.91 Å². The number of anilines is 3. The summed E-state index contributed by atoms with van der Waals surface area (Å²) in [5.74, 6) is 1.48. The van der Waals surface area contributed by atoms with E-state index in [0.717, 1.165) is 17.9 Å². The number of carbonyl (C=O) groups is 1. The molecule has 0 unspecified atom stereocenters. The largest absolute Gasteiger partial charge is 0.489 e. The van der Waals surface area contributed by atoms with Crippen LogP contribution >= 0.6 is 0 Å². The van der Waals surface area contributed by atoms with Crippen LogP contribution in [0.5, 0.6) is 5.75 Å². The van der Waals surface area contributed by atoms with E-state index >= 15 is 0 Å². The molecule has 1 aromatic carbocycles. The summed E-state index contributed by atoms with van der Waals surface area (Å²) in [6.45, 7) is 5.95. The first-order valence-corrected chi connectivity index (χ1v) is 7.87. The highest BCUT2D eigenvalue weighted by Crippen LogP contribution is 2.27. The fourth-order valence-electron chi connectivity index (χ4n) is 2.06. The Morgan fingerprint density at radius 2 is 2.00 bits per heavy atom. The van der Waals surface area contributed by atoms with Crippen molar-refractivity contribution in [1.82, 2.24) is 4.98 Å². The van der Waals surface area contributed by atoms with Crippen molar-refractivity contribution in [2.45, 2.75) is 39.7 Å². The van der Waals surface area contributed by atoms with Gasteiger partial charge in [0.1, 0.15) is 11.6 Å². The number of aromatic nitrogens is 1. The molecule has 0 atom stereocenters. The van der Waals surface area contributed by atoms with Crippen LogP contribution in [0.4, 0.5) is 17.2 Å². The van der Waals surface area contributed by atoms with E-state index in [9.17, 15) is 4.79 Å². The number of hydrogen-bond donors (Lipinski definition) is 2. The summed E-state index contributed by atoms with van der Waals surface area (Å²) in [5, 5.41) is 6.05. The Morgan fingerprint density at radius 1 is 1.22 bits per heavy atom. The number of benzene rings is 1. The maximum absolute atomic E-state index is 11.6. The van der Waals surface area contributed by atoms with Crippen molar-refractivity contribution >= 4 is 23.1 Å². The lowest BCUT2D eigenvalue weighted by Gasteiger charge is -2.15. The van der Waals surface area contributed by atoms with Gasteiger partial charge in [-0.15, -0.1) is 0 Å². The predicted octanol–water partition coefficient (Wildman–Crippen LogP) is 4.35. The van der Waals surface area contributed by atoms with Gasteiger partial charge < -0.3 is 15.4 Å². The molecule has 0 saturated carbocycles. The van der Waals surface area contributed by atoms with E-state index in [1.165, 1.54) is 0 Å². The van der Waals surface area contributed by atoms with Crippen molar-refractivity contribution in [3.8, 4) is 5.75 Å². The molecule has 5 nitrogen and oxygen atoms in total. The summed E-state index contributed by atoms with van der Waals surface area (Å²) in [7, 11) is 0. The van der Waals surface area contributed by atoms with Crippen molar-refractivity contribution < 1.29 is 9.53 Å². The number of carbonyl (C=O) groups excluding carboxylic acids is 1. The number of para-hydroxylation sites is 2. The average Bonchev–Trinajstić information content (AvgIpc) is 2.51. The molecule has 2 aromatic rings. The van der Waals surface area contributed by atoms with Crippen LogP contribution in [0.25, 0.3) is 0 Å².